The normalized spacial score (nSPS) is 18.9. The van der Waals surface area contributed by atoms with Crippen molar-refractivity contribution in [3.05, 3.63) is 65.7 Å². The van der Waals surface area contributed by atoms with E-state index in [4.69, 9.17) is 4.42 Å². The van der Waals surface area contributed by atoms with E-state index < -0.39 is 0 Å². The lowest BCUT2D eigenvalue weighted by Gasteiger charge is -2.38. The van der Waals surface area contributed by atoms with E-state index >= 15 is 0 Å². The Hall–Kier alpha value is -2.86. The molecule has 0 spiro atoms. The van der Waals surface area contributed by atoms with Crippen LogP contribution in [0.15, 0.2) is 58.8 Å². The Bertz CT molecular complexity index is 862. The van der Waals surface area contributed by atoms with Crippen LogP contribution >= 0.6 is 0 Å². The summed E-state index contributed by atoms with van der Waals surface area (Å²) >= 11 is 0. The largest absolute Gasteiger partial charge is 0.465 e. The topological polar surface area (TPSA) is 67.0 Å². The quantitative estimate of drug-likeness (QED) is 0.745. The number of piperidine rings is 2. The highest BCUT2D eigenvalue weighted by Crippen LogP contribution is 2.15. The number of carbonyl (C=O) groups excluding carboxylic acids is 2. The van der Waals surface area contributed by atoms with Crippen molar-refractivity contribution in [3.8, 4) is 0 Å². The Morgan fingerprint density at radius 1 is 1.00 bits per heavy atom. The Kier molecular flexibility index (Phi) is 6.64. The van der Waals surface area contributed by atoms with E-state index in [-0.39, 0.29) is 17.5 Å². The van der Waals surface area contributed by atoms with Gasteiger partial charge >= 0.3 is 0 Å². The third-order valence-corrected chi connectivity index (χ3v) is 6.20. The average molecular weight is 409 g/mol. The highest BCUT2D eigenvalue weighted by Gasteiger charge is 2.31. The molecule has 2 fully saturated rings. The molecule has 2 amide bonds. The maximum Gasteiger partial charge on any atom is 0.270 e. The molecule has 30 heavy (non-hydrogen) atoms. The van der Waals surface area contributed by atoms with Crippen LogP contribution in [0.5, 0.6) is 0 Å². The fourth-order valence-corrected chi connectivity index (χ4v) is 4.53. The Morgan fingerprint density at radius 3 is 2.40 bits per heavy atom. The number of amides is 2. The van der Waals surface area contributed by atoms with Gasteiger partial charge in [-0.15, -0.1) is 0 Å². The first-order chi connectivity index (χ1) is 14.7. The molecule has 2 aliphatic heterocycles. The maximum absolute atomic E-state index is 13.3. The highest BCUT2D eigenvalue weighted by molar-refractivity contribution is 6.05. The van der Waals surface area contributed by atoms with Gasteiger partial charge in [0.2, 0.25) is 0 Å². The van der Waals surface area contributed by atoms with Crippen LogP contribution in [0.25, 0.3) is 6.08 Å². The van der Waals surface area contributed by atoms with Crippen molar-refractivity contribution in [2.45, 2.75) is 38.1 Å². The molecule has 0 saturated carbocycles. The molecule has 158 valence electrons. The zero-order valence-electron chi connectivity index (χ0n) is 17.3. The molecule has 2 N–H and O–H groups in total. The second-order valence-electron chi connectivity index (χ2n) is 8.18. The van der Waals surface area contributed by atoms with Crippen LogP contribution in [0.2, 0.25) is 0 Å². The van der Waals surface area contributed by atoms with E-state index in [1.54, 1.807) is 53.6 Å². The fraction of sp³-hybridized carbons (Fsp3) is 0.417. The predicted octanol–water partition coefficient (Wildman–Crippen LogP) is 2.11. The van der Waals surface area contributed by atoms with Crippen LogP contribution in [0.4, 0.5) is 0 Å². The van der Waals surface area contributed by atoms with Crippen LogP contribution < -0.4 is 10.2 Å². The molecular weight excluding hydrogens is 378 g/mol. The summed E-state index contributed by atoms with van der Waals surface area (Å²) in [5.74, 6) is 0.0940. The summed E-state index contributed by atoms with van der Waals surface area (Å²) in [5, 5.41) is 2.81. The number of likely N-dealkylation sites (tertiary alicyclic amines) is 2. The van der Waals surface area contributed by atoms with E-state index in [2.05, 4.69) is 5.32 Å². The number of hydrogen-bond acceptors (Lipinski definition) is 3. The monoisotopic (exact) mass is 408 g/mol. The van der Waals surface area contributed by atoms with Crippen molar-refractivity contribution >= 4 is 17.9 Å². The average Bonchev–Trinajstić information content (AvgIpc) is 3.32. The van der Waals surface area contributed by atoms with E-state index in [9.17, 15) is 9.59 Å². The van der Waals surface area contributed by atoms with Crippen LogP contribution in [0, 0.1) is 0 Å². The smallest absolute Gasteiger partial charge is 0.270 e. The molecule has 4 rings (SSSR count). The van der Waals surface area contributed by atoms with E-state index in [1.165, 1.54) is 32.4 Å². The molecule has 0 aliphatic carbocycles. The number of furan rings is 1. The number of nitrogens with zero attached hydrogens (tertiary/aromatic N) is 1. The highest BCUT2D eigenvalue weighted by atomic mass is 16.3. The van der Waals surface area contributed by atoms with Gasteiger partial charge in [0.1, 0.15) is 11.5 Å². The lowest BCUT2D eigenvalue weighted by Crippen LogP contribution is -3.16. The summed E-state index contributed by atoms with van der Waals surface area (Å²) in [6, 6.07) is 13.1. The number of carbonyl (C=O) groups is 2. The van der Waals surface area contributed by atoms with Gasteiger partial charge in [-0.25, -0.2) is 0 Å². The van der Waals surface area contributed by atoms with Gasteiger partial charge < -0.3 is 19.5 Å². The molecule has 0 radical (unpaired) electrons. The first-order valence-corrected chi connectivity index (χ1v) is 11.0. The molecule has 2 aromatic rings. The summed E-state index contributed by atoms with van der Waals surface area (Å²) in [4.78, 5) is 29.5. The SMILES string of the molecule is O=C(N/C(=C/c1ccco1)C(=O)N1CCC([NH+]2CCCCC2)CC1)c1ccccc1. The molecule has 0 unspecified atom stereocenters. The second kappa shape index (κ2) is 9.76. The van der Waals surface area contributed by atoms with Gasteiger partial charge in [-0.1, -0.05) is 18.2 Å². The first-order valence-electron chi connectivity index (χ1n) is 11.0. The van der Waals surface area contributed by atoms with E-state index in [1.807, 2.05) is 11.0 Å². The lowest BCUT2D eigenvalue weighted by molar-refractivity contribution is -0.931. The van der Waals surface area contributed by atoms with Crippen molar-refractivity contribution in [1.82, 2.24) is 10.2 Å². The Morgan fingerprint density at radius 2 is 1.73 bits per heavy atom. The predicted molar refractivity (Wildman–Crippen MR) is 115 cm³/mol. The summed E-state index contributed by atoms with van der Waals surface area (Å²) in [6.45, 7) is 3.97. The van der Waals surface area contributed by atoms with Crippen molar-refractivity contribution in [1.29, 1.82) is 0 Å². The number of rotatable bonds is 5. The van der Waals surface area contributed by atoms with Crippen LogP contribution in [0.1, 0.15) is 48.2 Å². The van der Waals surface area contributed by atoms with Gasteiger partial charge in [0.05, 0.1) is 25.4 Å². The number of nitrogens with one attached hydrogen (secondary N) is 2. The van der Waals surface area contributed by atoms with Gasteiger partial charge in [-0.05, 0) is 43.5 Å². The van der Waals surface area contributed by atoms with Crippen LogP contribution in [0.3, 0.4) is 0 Å². The standard InChI is InChI=1S/C24H29N3O3/c28-23(19-8-3-1-4-9-19)25-22(18-21-10-7-17-30-21)24(29)27-15-11-20(12-16-27)26-13-5-2-6-14-26/h1,3-4,7-10,17-18,20H,2,5-6,11-16H2,(H,25,28)/p+1/b22-18+. The van der Waals surface area contributed by atoms with Gasteiger partial charge in [0, 0.05) is 37.6 Å². The number of benzene rings is 1. The zero-order chi connectivity index (χ0) is 20.8. The molecule has 0 bridgehead atoms. The summed E-state index contributed by atoms with van der Waals surface area (Å²) < 4.78 is 5.38. The minimum atomic E-state index is -0.297. The minimum Gasteiger partial charge on any atom is -0.465 e. The lowest BCUT2D eigenvalue weighted by atomic mass is 9.99. The molecule has 6 heteroatoms. The summed E-state index contributed by atoms with van der Waals surface area (Å²) in [7, 11) is 0. The van der Waals surface area contributed by atoms with Crippen LogP contribution in [-0.2, 0) is 4.79 Å². The third-order valence-electron chi connectivity index (χ3n) is 6.20. The molecule has 3 heterocycles. The fourth-order valence-electron chi connectivity index (χ4n) is 4.53. The van der Waals surface area contributed by atoms with E-state index in [0.717, 1.165) is 25.9 Å². The van der Waals surface area contributed by atoms with Crippen molar-refractivity contribution < 1.29 is 18.9 Å². The van der Waals surface area contributed by atoms with Gasteiger partial charge in [-0.3, -0.25) is 9.59 Å². The minimum absolute atomic E-state index is 0.150. The molecule has 1 aromatic heterocycles. The zero-order valence-corrected chi connectivity index (χ0v) is 17.3. The number of quaternary nitrogens is 1. The Labute approximate surface area is 177 Å². The number of hydrogen-bond donors (Lipinski definition) is 2. The van der Waals surface area contributed by atoms with E-state index in [0.29, 0.717) is 17.4 Å². The van der Waals surface area contributed by atoms with Gasteiger partial charge in [0.25, 0.3) is 11.8 Å². The third kappa shape index (κ3) is 5.00. The molecule has 2 aliphatic rings. The molecule has 0 atom stereocenters. The van der Waals surface area contributed by atoms with Crippen molar-refractivity contribution in [2.24, 2.45) is 0 Å². The van der Waals surface area contributed by atoms with Crippen molar-refractivity contribution in [3.63, 3.8) is 0 Å². The molecule has 2 saturated heterocycles. The van der Waals surface area contributed by atoms with Gasteiger partial charge in [0.15, 0.2) is 0 Å². The maximum atomic E-state index is 13.3. The molecule has 6 nitrogen and oxygen atoms in total. The second-order valence-corrected chi connectivity index (χ2v) is 8.18. The summed E-state index contributed by atoms with van der Waals surface area (Å²) in [6.07, 6.45) is 9.18. The van der Waals surface area contributed by atoms with Crippen molar-refractivity contribution in [2.75, 3.05) is 26.2 Å². The summed E-state index contributed by atoms with van der Waals surface area (Å²) in [5.41, 5.74) is 0.769. The molecular formula is C24H30N3O3+. The van der Waals surface area contributed by atoms with Crippen LogP contribution in [-0.4, -0.2) is 48.9 Å². The molecule has 1 aromatic carbocycles. The van der Waals surface area contributed by atoms with Gasteiger partial charge in [-0.2, -0.15) is 0 Å². The first kappa shape index (κ1) is 20.4. The Balaban J connectivity index is 1.44.